The molecule has 1 amide bonds. The molecule has 0 aromatic heterocycles. The molecule has 0 unspecified atom stereocenters. The first-order chi connectivity index (χ1) is 9.54. The van der Waals surface area contributed by atoms with Crippen LogP contribution in [0, 0.1) is 5.82 Å². The third kappa shape index (κ3) is 4.11. The summed E-state index contributed by atoms with van der Waals surface area (Å²) in [5.74, 6) is -0.797. The lowest BCUT2D eigenvalue weighted by molar-refractivity contribution is -0.114. The maximum absolute atomic E-state index is 13.0. The average Bonchev–Trinajstić information content (AvgIpc) is 2.41. The van der Waals surface area contributed by atoms with Gasteiger partial charge in [0.05, 0.1) is 11.6 Å². The molecule has 0 bridgehead atoms. The quantitative estimate of drug-likeness (QED) is 0.889. The minimum atomic E-state index is -0.526. The lowest BCUT2D eigenvalue weighted by Gasteiger charge is -2.08. The van der Waals surface area contributed by atoms with Crippen LogP contribution in [0.25, 0.3) is 0 Å². The molecule has 2 aromatic carbocycles. The summed E-state index contributed by atoms with van der Waals surface area (Å²) in [5, 5.41) is 6.08. The van der Waals surface area contributed by atoms with E-state index in [1.807, 2.05) is 0 Å². The fourth-order valence-corrected chi connectivity index (χ4v) is 1.93. The number of hydrogen-bond acceptors (Lipinski definition) is 2. The summed E-state index contributed by atoms with van der Waals surface area (Å²) in [6, 6.07) is 11.0. The van der Waals surface area contributed by atoms with E-state index in [0.29, 0.717) is 10.7 Å². The zero-order chi connectivity index (χ0) is 14.5. The summed E-state index contributed by atoms with van der Waals surface area (Å²) >= 11 is 11.5. The molecule has 0 atom stereocenters. The second kappa shape index (κ2) is 6.59. The molecule has 2 N–H and O–H groups in total. The van der Waals surface area contributed by atoms with Gasteiger partial charge in [-0.2, -0.15) is 0 Å². The van der Waals surface area contributed by atoms with Gasteiger partial charge in [-0.3, -0.25) is 4.79 Å². The molecule has 2 aromatic rings. The lowest BCUT2D eigenvalue weighted by Crippen LogP contribution is -2.21. The van der Waals surface area contributed by atoms with E-state index in [9.17, 15) is 9.18 Å². The van der Waals surface area contributed by atoms with Crippen LogP contribution < -0.4 is 10.6 Å². The van der Waals surface area contributed by atoms with E-state index < -0.39 is 5.82 Å². The number of rotatable bonds is 4. The second-order valence-electron chi connectivity index (χ2n) is 4.04. The Hall–Kier alpha value is -1.78. The summed E-state index contributed by atoms with van der Waals surface area (Å²) in [6.07, 6.45) is 0. The molecular formula is C14H11Cl2FN2O. The number of amides is 1. The summed E-state index contributed by atoms with van der Waals surface area (Å²) in [4.78, 5) is 11.7. The smallest absolute Gasteiger partial charge is 0.243 e. The van der Waals surface area contributed by atoms with E-state index >= 15 is 0 Å². The van der Waals surface area contributed by atoms with Crippen molar-refractivity contribution in [3.63, 3.8) is 0 Å². The predicted molar refractivity (Wildman–Crippen MR) is 80.0 cm³/mol. The molecule has 0 heterocycles. The first-order valence-corrected chi connectivity index (χ1v) is 6.54. The minimum Gasteiger partial charge on any atom is -0.376 e. The number of carbonyl (C=O) groups excluding carboxylic acids is 1. The molecule has 3 nitrogen and oxygen atoms in total. The van der Waals surface area contributed by atoms with Crippen LogP contribution in [0.15, 0.2) is 42.5 Å². The van der Waals surface area contributed by atoms with Crippen molar-refractivity contribution in [1.82, 2.24) is 0 Å². The van der Waals surface area contributed by atoms with Crippen LogP contribution in [0.5, 0.6) is 0 Å². The number of benzene rings is 2. The van der Waals surface area contributed by atoms with Crippen molar-refractivity contribution in [3.05, 3.63) is 58.3 Å². The Morgan fingerprint density at radius 3 is 2.60 bits per heavy atom. The zero-order valence-corrected chi connectivity index (χ0v) is 11.8. The molecule has 0 aliphatic carbocycles. The third-order valence-corrected chi connectivity index (χ3v) is 3.01. The predicted octanol–water partition coefficient (Wildman–Crippen LogP) is 4.18. The van der Waals surface area contributed by atoms with Gasteiger partial charge in [-0.15, -0.1) is 0 Å². The van der Waals surface area contributed by atoms with Gasteiger partial charge in [0.2, 0.25) is 5.91 Å². The van der Waals surface area contributed by atoms with Gasteiger partial charge >= 0.3 is 0 Å². The molecule has 20 heavy (non-hydrogen) atoms. The second-order valence-corrected chi connectivity index (χ2v) is 4.88. The molecule has 0 fully saturated rings. The summed E-state index contributed by atoms with van der Waals surface area (Å²) in [6.45, 7) is 0.0648. The molecule has 104 valence electrons. The molecular weight excluding hydrogens is 302 g/mol. The minimum absolute atomic E-state index is 0.0365. The standard InChI is InChI=1S/C14H11Cl2FN2O/c15-9-2-1-3-10(6-9)18-8-14(20)19-11-4-5-13(17)12(16)7-11/h1-7,18H,8H2,(H,19,20). The number of carbonyl (C=O) groups is 1. The average molecular weight is 313 g/mol. The fraction of sp³-hybridized carbons (Fsp3) is 0.0714. The van der Waals surface area contributed by atoms with Gasteiger partial charge in [0.25, 0.3) is 0 Å². The van der Waals surface area contributed by atoms with Crippen molar-refractivity contribution in [2.75, 3.05) is 17.2 Å². The van der Waals surface area contributed by atoms with Crippen molar-refractivity contribution in [1.29, 1.82) is 0 Å². The highest BCUT2D eigenvalue weighted by molar-refractivity contribution is 6.31. The summed E-state index contributed by atoms with van der Waals surface area (Å²) in [5.41, 5.74) is 1.18. The Morgan fingerprint density at radius 2 is 1.90 bits per heavy atom. The van der Waals surface area contributed by atoms with Crippen LogP contribution >= 0.6 is 23.2 Å². The van der Waals surface area contributed by atoms with E-state index in [-0.39, 0.29) is 17.5 Å². The van der Waals surface area contributed by atoms with Crippen LogP contribution in [0.2, 0.25) is 10.0 Å². The number of halogens is 3. The van der Waals surface area contributed by atoms with Crippen LogP contribution in [0.3, 0.4) is 0 Å². The number of hydrogen-bond donors (Lipinski definition) is 2. The first-order valence-electron chi connectivity index (χ1n) is 5.79. The van der Waals surface area contributed by atoms with E-state index in [0.717, 1.165) is 5.69 Å². The third-order valence-electron chi connectivity index (χ3n) is 2.48. The Bertz CT molecular complexity index is 634. The first kappa shape index (κ1) is 14.6. The molecule has 6 heteroatoms. The Labute approximate surface area is 125 Å². The van der Waals surface area contributed by atoms with Gasteiger partial charge in [-0.05, 0) is 36.4 Å². The summed E-state index contributed by atoms with van der Waals surface area (Å²) in [7, 11) is 0. The fourth-order valence-electron chi connectivity index (χ4n) is 1.56. The van der Waals surface area contributed by atoms with Crippen LogP contribution in [-0.4, -0.2) is 12.5 Å². The Balaban J connectivity index is 1.91. The van der Waals surface area contributed by atoms with Crippen molar-refractivity contribution < 1.29 is 9.18 Å². The molecule has 2 rings (SSSR count). The zero-order valence-electron chi connectivity index (χ0n) is 10.3. The largest absolute Gasteiger partial charge is 0.376 e. The van der Waals surface area contributed by atoms with E-state index in [4.69, 9.17) is 23.2 Å². The van der Waals surface area contributed by atoms with Gasteiger partial charge in [0, 0.05) is 16.4 Å². The molecule has 0 aliphatic heterocycles. The number of nitrogens with one attached hydrogen (secondary N) is 2. The SMILES string of the molecule is O=C(CNc1cccc(Cl)c1)Nc1ccc(F)c(Cl)c1. The summed E-state index contributed by atoms with van der Waals surface area (Å²) < 4.78 is 13.0. The number of anilines is 2. The monoisotopic (exact) mass is 312 g/mol. The Kier molecular flexibility index (Phi) is 4.82. The highest BCUT2D eigenvalue weighted by atomic mass is 35.5. The maximum atomic E-state index is 13.0. The van der Waals surface area contributed by atoms with Crippen LogP contribution in [0.4, 0.5) is 15.8 Å². The molecule has 0 spiro atoms. The van der Waals surface area contributed by atoms with Crippen LogP contribution in [0.1, 0.15) is 0 Å². The van der Waals surface area contributed by atoms with Gasteiger partial charge in [-0.1, -0.05) is 29.3 Å². The normalized spacial score (nSPS) is 10.2. The molecule has 0 aliphatic rings. The van der Waals surface area contributed by atoms with Crippen molar-refractivity contribution in [3.8, 4) is 0 Å². The van der Waals surface area contributed by atoms with Gasteiger partial charge in [0.1, 0.15) is 5.82 Å². The highest BCUT2D eigenvalue weighted by Crippen LogP contribution is 2.19. The Morgan fingerprint density at radius 1 is 1.10 bits per heavy atom. The van der Waals surface area contributed by atoms with Crippen LogP contribution in [-0.2, 0) is 4.79 Å². The topological polar surface area (TPSA) is 41.1 Å². The van der Waals surface area contributed by atoms with E-state index in [1.165, 1.54) is 18.2 Å². The lowest BCUT2D eigenvalue weighted by atomic mass is 10.3. The van der Waals surface area contributed by atoms with E-state index in [1.54, 1.807) is 24.3 Å². The molecule has 0 radical (unpaired) electrons. The van der Waals surface area contributed by atoms with Crippen molar-refractivity contribution >= 4 is 40.5 Å². The molecule has 0 saturated carbocycles. The van der Waals surface area contributed by atoms with E-state index in [2.05, 4.69) is 10.6 Å². The van der Waals surface area contributed by atoms with Gasteiger partial charge < -0.3 is 10.6 Å². The van der Waals surface area contributed by atoms with Crippen molar-refractivity contribution in [2.24, 2.45) is 0 Å². The van der Waals surface area contributed by atoms with Gasteiger partial charge in [-0.25, -0.2) is 4.39 Å². The molecule has 0 saturated heterocycles. The van der Waals surface area contributed by atoms with Crippen molar-refractivity contribution in [2.45, 2.75) is 0 Å². The highest BCUT2D eigenvalue weighted by Gasteiger charge is 2.05. The van der Waals surface area contributed by atoms with Gasteiger partial charge in [0.15, 0.2) is 0 Å². The maximum Gasteiger partial charge on any atom is 0.243 e.